The molecule has 0 saturated carbocycles. The highest BCUT2D eigenvalue weighted by Gasteiger charge is 2.39. The molecule has 29 heavy (non-hydrogen) atoms. The van der Waals surface area contributed by atoms with E-state index in [9.17, 15) is 13.2 Å². The van der Waals surface area contributed by atoms with Gasteiger partial charge in [0, 0.05) is 11.6 Å². The average molecular weight is 435 g/mol. The Hall–Kier alpha value is -1.89. The molecule has 156 valence electrons. The van der Waals surface area contributed by atoms with Crippen molar-refractivity contribution in [2.75, 3.05) is 6.54 Å². The number of halogens is 1. The molecule has 1 N–H and O–H groups in total. The molecule has 2 aromatic rings. The second-order valence-electron chi connectivity index (χ2n) is 7.75. The average Bonchev–Trinajstić information content (AvgIpc) is 3.16. The van der Waals surface area contributed by atoms with Gasteiger partial charge in [0.2, 0.25) is 15.9 Å². The lowest BCUT2D eigenvalue weighted by atomic mass is 9.96. The number of nitrogens with one attached hydrogen (secondary N) is 1. The van der Waals surface area contributed by atoms with Crippen molar-refractivity contribution in [2.24, 2.45) is 0 Å². The molecule has 0 aliphatic carbocycles. The first-order chi connectivity index (χ1) is 13.6. The van der Waals surface area contributed by atoms with E-state index < -0.39 is 16.1 Å². The van der Waals surface area contributed by atoms with E-state index >= 15 is 0 Å². The Kier molecular flexibility index (Phi) is 6.36. The van der Waals surface area contributed by atoms with Gasteiger partial charge in [0.25, 0.3) is 0 Å². The molecule has 1 heterocycles. The molecule has 1 amide bonds. The van der Waals surface area contributed by atoms with Gasteiger partial charge in [0.05, 0.1) is 10.9 Å². The highest BCUT2D eigenvalue weighted by Crippen LogP contribution is 2.28. The molecule has 2 atom stereocenters. The van der Waals surface area contributed by atoms with Gasteiger partial charge in [-0.2, -0.15) is 4.31 Å². The number of hydrogen-bond acceptors (Lipinski definition) is 3. The van der Waals surface area contributed by atoms with Gasteiger partial charge in [0.1, 0.15) is 6.04 Å². The Morgan fingerprint density at radius 3 is 2.38 bits per heavy atom. The van der Waals surface area contributed by atoms with E-state index in [0.29, 0.717) is 24.4 Å². The molecule has 1 aliphatic heterocycles. The van der Waals surface area contributed by atoms with Crippen LogP contribution < -0.4 is 5.32 Å². The monoisotopic (exact) mass is 434 g/mol. The maximum absolute atomic E-state index is 13.1. The molecule has 0 bridgehead atoms. The predicted octanol–water partition coefficient (Wildman–Crippen LogP) is 4.30. The van der Waals surface area contributed by atoms with Crippen LogP contribution in [0.5, 0.6) is 0 Å². The van der Waals surface area contributed by atoms with Crippen LogP contribution in [0.2, 0.25) is 5.02 Å². The highest BCUT2D eigenvalue weighted by atomic mass is 35.5. The number of sulfonamides is 1. The van der Waals surface area contributed by atoms with E-state index in [1.54, 1.807) is 12.1 Å². The number of rotatable bonds is 5. The molecule has 0 spiro atoms. The third-order valence-electron chi connectivity index (χ3n) is 5.63. The second-order valence-corrected chi connectivity index (χ2v) is 10.1. The van der Waals surface area contributed by atoms with Gasteiger partial charge >= 0.3 is 0 Å². The summed E-state index contributed by atoms with van der Waals surface area (Å²) in [5, 5.41) is 3.49. The third-order valence-corrected chi connectivity index (χ3v) is 7.81. The SMILES string of the molecule is Cc1cc(C)c([C@H](C)NC(=O)[C@H]2CCCN2S(=O)(=O)c2ccc(Cl)cc2)cc1C. The van der Waals surface area contributed by atoms with E-state index in [2.05, 4.69) is 24.4 Å². The fourth-order valence-electron chi connectivity index (χ4n) is 3.87. The first kappa shape index (κ1) is 21.8. The fraction of sp³-hybridized carbons (Fsp3) is 0.409. The van der Waals surface area contributed by atoms with Crippen LogP contribution in [0.25, 0.3) is 0 Å². The molecule has 0 radical (unpaired) electrons. The van der Waals surface area contributed by atoms with Crippen LogP contribution in [0, 0.1) is 20.8 Å². The standard InChI is InChI=1S/C22H27ClN2O3S/c1-14-12-16(3)20(13-15(14)2)17(4)24-22(26)21-6-5-11-25(21)29(27,28)19-9-7-18(23)8-10-19/h7-10,12-13,17,21H,5-6,11H2,1-4H3,(H,24,26)/t17-,21+/m0/s1. The van der Waals surface area contributed by atoms with Gasteiger partial charge < -0.3 is 5.32 Å². The summed E-state index contributed by atoms with van der Waals surface area (Å²) in [6.07, 6.45) is 1.17. The second kappa shape index (κ2) is 8.46. The zero-order valence-corrected chi connectivity index (χ0v) is 18.8. The summed E-state index contributed by atoms with van der Waals surface area (Å²) >= 11 is 5.88. The van der Waals surface area contributed by atoms with E-state index in [1.165, 1.54) is 27.6 Å². The molecular weight excluding hydrogens is 408 g/mol. The minimum absolute atomic E-state index is 0.152. The number of hydrogen-bond donors (Lipinski definition) is 1. The Bertz CT molecular complexity index is 1020. The van der Waals surface area contributed by atoms with Gasteiger partial charge in [-0.05, 0) is 87.1 Å². The van der Waals surface area contributed by atoms with Crippen molar-refractivity contribution in [1.29, 1.82) is 0 Å². The summed E-state index contributed by atoms with van der Waals surface area (Å²) in [6.45, 7) is 8.40. The highest BCUT2D eigenvalue weighted by molar-refractivity contribution is 7.89. The molecule has 3 rings (SSSR count). The van der Waals surface area contributed by atoms with Crippen molar-refractivity contribution in [2.45, 2.75) is 57.5 Å². The van der Waals surface area contributed by atoms with Gasteiger partial charge in [-0.3, -0.25) is 4.79 Å². The van der Waals surface area contributed by atoms with Crippen molar-refractivity contribution in [3.05, 3.63) is 63.7 Å². The summed E-state index contributed by atoms with van der Waals surface area (Å²) in [7, 11) is -3.76. The maximum Gasteiger partial charge on any atom is 0.243 e. The Balaban J connectivity index is 1.80. The molecule has 1 aliphatic rings. The van der Waals surface area contributed by atoms with E-state index in [0.717, 1.165) is 11.1 Å². The zero-order chi connectivity index (χ0) is 21.3. The first-order valence-corrected chi connectivity index (χ1v) is 11.6. The topological polar surface area (TPSA) is 66.5 Å². The van der Waals surface area contributed by atoms with Crippen LogP contribution >= 0.6 is 11.6 Å². The molecule has 0 aromatic heterocycles. The smallest absolute Gasteiger partial charge is 0.243 e. The molecule has 2 aromatic carbocycles. The summed E-state index contributed by atoms with van der Waals surface area (Å²) < 4.78 is 27.4. The molecule has 5 nitrogen and oxygen atoms in total. The lowest BCUT2D eigenvalue weighted by Gasteiger charge is -2.26. The third kappa shape index (κ3) is 4.49. The zero-order valence-electron chi connectivity index (χ0n) is 17.2. The van der Waals surface area contributed by atoms with Crippen molar-refractivity contribution in [3.8, 4) is 0 Å². The normalized spacial score (nSPS) is 18.6. The van der Waals surface area contributed by atoms with Crippen molar-refractivity contribution >= 4 is 27.5 Å². The van der Waals surface area contributed by atoms with Gasteiger partial charge in [-0.1, -0.05) is 23.7 Å². The number of nitrogens with zero attached hydrogens (tertiary/aromatic N) is 1. The van der Waals surface area contributed by atoms with Crippen LogP contribution in [-0.2, 0) is 14.8 Å². The minimum atomic E-state index is -3.76. The Morgan fingerprint density at radius 1 is 1.10 bits per heavy atom. The maximum atomic E-state index is 13.1. The van der Waals surface area contributed by atoms with E-state index in [4.69, 9.17) is 11.6 Å². The number of aryl methyl sites for hydroxylation is 3. The first-order valence-electron chi connectivity index (χ1n) is 9.77. The summed E-state index contributed by atoms with van der Waals surface area (Å²) in [4.78, 5) is 13.1. The van der Waals surface area contributed by atoms with E-state index in [-0.39, 0.29) is 16.8 Å². The number of carbonyl (C=O) groups is 1. The lowest BCUT2D eigenvalue weighted by molar-refractivity contribution is -0.124. The van der Waals surface area contributed by atoms with Crippen LogP contribution in [0.3, 0.4) is 0 Å². The molecule has 7 heteroatoms. The summed E-state index contributed by atoms with van der Waals surface area (Å²) in [5.74, 6) is -0.259. The number of amides is 1. The van der Waals surface area contributed by atoms with Gasteiger partial charge in [-0.15, -0.1) is 0 Å². The van der Waals surface area contributed by atoms with Crippen LogP contribution in [0.15, 0.2) is 41.3 Å². The Morgan fingerprint density at radius 2 is 1.72 bits per heavy atom. The molecule has 1 fully saturated rings. The fourth-order valence-corrected chi connectivity index (χ4v) is 5.65. The van der Waals surface area contributed by atoms with Gasteiger partial charge in [0.15, 0.2) is 0 Å². The van der Waals surface area contributed by atoms with Crippen molar-refractivity contribution in [3.63, 3.8) is 0 Å². The van der Waals surface area contributed by atoms with Crippen molar-refractivity contribution < 1.29 is 13.2 Å². The van der Waals surface area contributed by atoms with Crippen molar-refractivity contribution in [1.82, 2.24) is 9.62 Å². The minimum Gasteiger partial charge on any atom is -0.348 e. The van der Waals surface area contributed by atoms with Gasteiger partial charge in [-0.25, -0.2) is 8.42 Å². The van der Waals surface area contributed by atoms with Crippen LogP contribution in [0.4, 0.5) is 0 Å². The molecule has 0 unspecified atom stereocenters. The summed E-state index contributed by atoms with van der Waals surface area (Å²) in [6, 6.07) is 9.34. The largest absolute Gasteiger partial charge is 0.348 e. The molecular formula is C22H27ClN2O3S. The van der Waals surface area contributed by atoms with E-state index in [1.807, 2.05) is 20.8 Å². The number of carbonyl (C=O) groups excluding carboxylic acids is 1. The summed E-state index contributed by atoms with van der Waals surface area (Å²) in [5.41, 5.74) is 4.53. The number of benzene rings is 2. The predicted molar refractivity (Wildman–Crippen MR) is 116 cm³/mol. The lowest BCUT2D eigenvalue weighted by Crippen LogP contribution is -2.46. The Labute approximate surface area is 178 Å². The quantitative estimate of drug-likeness (QED) is 0.763. The van der Waals surface area contributed by atoms with Crippen LogP contribution in [0.1, 0.15) is 48.1 Å². The molecule has 1 saturated heterocycles. The van der Waals surface area contributed by atoms with Crippen LogP contribution in [-0.4, -0.2) is 31.2 Å².